The van der Waals surface area contributed by atoms with Gasteiger partial charge in [-0.2, -0.15) is 0 Å². The summed E-state index contributed by atoms with van der Waals surface area (Å²) in [6, 6.07) is 3.09. The molecule has 1 amide bonds. The van der Waals surface area contributed by atoms with Gasteiger partial charge in [0.05, 0.1) is 7.11 Å². The van der Waals surface area contributed by atoms with Crippen LogP contribution in [0.15, 0.2) is 18.3 Å². The van der Waals surface area contributed by atoms with E-state index in [0.717, 1.165) is 12.8 Å². The third-order valence-corrected chi connectivity index (χ3v) is 3.65. The summed E-state index contributed by atoms with van der Waals surface area (Å²) in [6.07, 6.45) is 3.36. The van der Waals surface area contributed by atoms with Gasteiger partial charge in [-0.05, 0) is 18.1 Å². The Bertz CT molecular complexity index is 490. The van der Waals surface area contributed by atoms with Crippen LogP contribution in [0.2, 0.25) is 5.15 Å². The molecule has 0 aliphatic heterocycles. The Hall–Kier alpha value is -1.62. The molecule has 0 fully saturated rings. The summed E-state index contributed by atoms with van der Waals surface area (Å²) >= 11 is 5.81. The maximum Gasteiger partial charge on any atom is 0.325 e. The molecule has 21 heavy (non-hydrogen) atoms. The van der Waals surface area contributed by atoms with E-state index in [-0.39, 0.29) is 17.6 Å². The average Bonchev–Trinajstić information content (AvgIpc) is 2.50. The van der Waals surface area contributed by atoms with Crippen molar-refractivity contribution in [3.63, 3.8) is 0 Å². The van der Waals surface area contributed by atoms with Crippen molar-refractivity contribution < 1.29 is 14.3 Å². The highest BCUT2D eigenvalue weighted by molar-refractivity contribution is 6.29. The number of halogens is 1. The maximum absolute atomic E-state index is 12.5. The summed E-state index contributed by atoms with van der Waals surface area (Å²) in [5.74, 6) is -0.332. The van der Waals surface area contributed by atoms with Crippen molar-refractivity contribution in [2.75, 3.05) is 20.2 Å². The molecule has 116 valence electrons. The molecule has 1 aromatic rings. The molecule has 0 unspecified atom stereocenters. The zero-order valence-corrected chi connectivity index (χ0v) is 13.4. The molecular formula is C15H21ClN2O3. The van der Waals surface area contributed by atoms with Crippen molar-refractivity contribution in [1.29, 1.82) is 0 Å². The van der Waals surface area contributed by atoms with Gasteiger partial charge in [-0.1, -0.05) is 38.3 Å². The second kappa shape index (κ2) is 8.62. The first-order valence-corrected chi connectivity index (χ1v) is 7.37. The standard InChI is InChI=1S/C15H21ClN2O3/c1-4-11(5-2)9-18(10-14(19)21-3)15(20)12-6-7-17-13(16)8-12/h6-8,11H,4-5,9-10H2,1-3H3. The van der Waals surface area contributed by atoms with Gasteiger partial charge < -0.3 is 9.64 Å². The summed E-state index contributed by atoms with van der Waals surface area (Å²) in [4.78, 5) is 29.4. The van der Waals surface area contributed by atoms with Crippen LogP contribution in [0.3, 0.4) is 0 Å². The first-order chi connectivity index (χ1) is 10.0. The number of carbonyl (C=O) groups excluding carboxylic acids is 2. The fourth-order valence-corrected chi connectivity index (χ4v) is 2.19. The summed E-state index contributed by atoms with van der Waals surface area (Å²) in [6.45, 7) is 4.59. The van der Waals surface area contributed by atoms with E-state index in [0.29, 0.717) is 18.0 Å². The minimum atomic E-state index is -0.436. The van der Waals surface area contributed by atoms with Crippen LogP contribution in [0.25, 0.3) is 0 Å². The Morgan fingerprint density at radius 3 is 2.57 bits per heavy atom. The van der Waals surface area contributed by atoms with Crippen molar-refractivity contribution in [1.82, 2.24) is 9.88 Å². The Morgan fingerprint density at radius 1 is 1.38 bits per heavy atom. The van der Waals surface area contributed by atoms with Gasteiger partial charge in [0, 0.05) is 18.3 Å². The SMILES string of the molecule is CCC(CC)CN(CC(=O)OC)C(=O)c1ccnc(Cl)c1. The van der Waals surface area contributed by atoms with Gasteiger partial charge in [0.2, 0.25) is 0 Å². The van der Waals surface area contributed by atoms with Gasteiger partial charge in [0.1, 0.15) is 11.7 Å². The minimum Gasteiger partial charge on any atom is -0.468 e. The van der Waals surface area contributed by atoms with Crippen LogP contribution in [-0.4, -0.2) is 42.0 Å². The highest BCUT2D eigenvalue weighted by atomic mass is 35.5. The second-order valence-corrected chi connectivity index (χ2v) is 5.20. The fraction of sp³-hybridized carbons (Fsp3) is 0.533. The zero-order chi connectivity index (χ0) is 15.8. The molecule has 0 saturated carbocycles. The van der Waals surface area contributed by atoms with E-state index in [1.54, 1.807) is 6.07 Å². The number of pyridine rings is 1. The summed E-state index contributed by atoms with van der Waals surface area (Å²) in [7, 11) is 1.31. The molecule has 0 radical (unpaired) electrons. The van der Waals surface area contributed by atoms with Gasteiger partial charge in [-0.25, -0.2) is 4.98 Å². The molecule has 0 spiro atoms. The number of nitrogens with zero attached hydrogens (tertiary/aromatic N) is 2. The van der Waals surface area contributed by atoms with Crippen molar-refractivity contribution in [3.05, 3.63) is 29.0 Å². The zero-order valence-electron chi connectivity index (χ0n) is 12.6. The molecular weight excluding hydrogens is 292 g/mol. The third kappa shape index (κ3) is 5.34. The van der Waals surface area contributed by atoms with Crippen LogP contribution in [0, 0.1) is 5.92 Å². The van der Waals surface area contributed by atoms with Gasteiger partial charge >= 0.3 is 5.97 Å². The number of methoxy groups -OCH3 is 1. The highest BCUT2D eigenvalue weighted by Gasteiger charge is 2.22. The molecule has 5 nitrogen and oxygen atoms in total. The molecule has 0 aromatic carbocycles. The van der Waals surface area contributed by atoms with Gasteiger partial charge in [0.15, 0.2) is 0 Å². The Labute approximate surface area is 130 Å². The molecule has 0 aliphatic rings. The predicted molar refractivity (Wildman–Crippen MR) is 81.2 cm³/mol. The van der Waals surface area contributed by atoms with Crippen LogP contribution in [0.1, 0.15) is 37.0 Å². The van der Waals surface area contributed by atoms with Crippen molar-refractivity contribution in [2.45, 2.75) is 26.7 Å². The van der Waals surface area contributed by atoms with Crippen LogP contribution in [0.5, 0.6) is 0 Å². The average molecular weight is 313 g/mol. The molecule has 0 aliphatic carbocycles. The quantitative estimate of drug-likeness (QED) is 0.574. The van der Waals surface area contributed by atoms with Gasteiger partial charge in [-0.15, -0.1) is 0 Å². The minimum absolute atomic E-state index is 0.0637. The van der Waals surface area contributed by atoms with Crippen LogP contribution in [-0.2, 0) is 9.53 Å². The number of ether oxygens (including phenoxy) is 1. The highest BCUT2D eigenvalue weighted by Crippen LogP contribution is 2.14. The molecule has 0 atom stereocenters. The smallest absolute Gasteiger partial charge is 0.325 e. The lowest BCUT2D eigenvalue weighted by Crippen LogP contribution is -2.39. The Morgan fingerprint density at radius 2 is 2.05 bits per heavy atom. The van der Waals surface area contributed by atoms with E-state index < -0.39 is 5.97 Å². The van der Waals surface area contributed by atoms with Crippen molar-refractivity contribution >= 4 is 23.5 Å². The van der Waals surface area contributed by atoms with E-state index in [1.165, 1.54) is 24.3 Å². The predicted octanol–water partition coefficient (Wildman–Crippen LogP) is 2.79. The topological polar surface area (TPSA) is 59.5 Å². The summed E-state index contributed by atoms with van der Waals surface area (Å²) in [5.41, 5.74) is 0.421. The van der Waals surface area contributed by atoms with E-state index in [1.807, 2.05) is 0 Å². The van der Waals surface area contributed by atoms with Gasteiger partial charge in [0.25, 0.3) is 5.91 Å². The normalized spacial score (nSPS) is 10.5. The lowest BCUT2D eigenvalue weighted by atomic mass is 10.0. The molecule has 1 heterocycles. The first-order valence-electron chi connectivity index (χ1n) is 6.99. The van der Waals surface area contributed by atoms with E-state index >= 15 is 0 Å². The van der Waals surface area contributed by atoms with Crippen LogP contribution < -0.4 is 0 Å². The number of esters is 1. The molecule has 0 saturated heterocycles. The number of hydrogen-bond donors (Lipinski definition) is 0. The van der Waals surface area contributed by atoms with Crippen LogP contribution in [0.4, 0.5) is 0 Å². The number of carbonyl (C=O) groups is 2. The van der Waals surface area contributed by atoms with Crippen molar-refractivity contribution in [2.24, 2.45) is 5.92 Å². The lowest BCUT2D eigenvalue weighted by Gasteiger charge is -2.25. The number of rotatable bonds is 7. The number of hydrogen-bond acceptors (Lipinski definition) is 4. The summed E-state index contributed by atoms with van der Waals surface area (Å²) < 4.78 is 4.67. The lowest BCUT2D eigenvalue weighted by molar-refractivity contribution is -0.141. The molecule has 0 N–H and O–H groups in total. The first kappa shape index (κ1) is 17.4. The van der Waals surface area contributed by atoms with E-state index in [2.05, 4.69) is 23.6 Å². The van der Waals surface area contributed by atoms with E-state index in [9.17, 15) is 9.59 Å². The van der Waals surface area contributed by atoms with Crippen LogP contribution >= 0.6 is 11.6 Å². The van der Waals surface area contributed by atoms with Gasteiger partial charge in [-0.3, -0.25) is 9.59 Å². The number of aromatic nitrogens is 1. The maximum atomic E-state index is 12.5. The Balaban J connectivity index is 2.93. The Kier molecular flexibility index (Phi) is 7.15. The largest absolute Gasteiger partial charge is 0.468 e. The molecule has 6 heteroatoms. The molecule has 1 rings (SSSR count). The molecule has 1 aromatic heterocycles. The fourth-order valence-electron chi connectivity index (χ4n) is 2.02. The monoisotopic (exact) mass is 312 g/mol. The second-order valence-electron chi connectivity index (χ2n) is 4.81. The summed E-state index contributed by atoms with van der Waals surface area (Å²) in [5, 5.41) is 0.251. The van der Waals surface area contributed by atoms with E-state index in [4.69, 9.17) is 11.6 Å². The number of amides is 1. The van der Waals surface area contributed by atoms with Crippen molar-refractivity contribution in [3.8, 4) is 0 Å². The molecule has 0 bridgehead atoms. The third-order valence-electron chi connectivity index (χ3n) is 3.44.